The van der Waals surface area contributed by atoms with Gasteiger partial charge in [-0.05, 0) is 154 Å². The van der Waals surface area contributed by atoms with Crippen molar-refractivity contribution in [3.8, 4) is 0 Å². The fraction of sp³-hybridized carbons (Fsp3) is 0.592. The number of carbonyl (C=O) groups is 3. The van der Waals surface area contributed by atoms with Gasteiger partial charge in [-0.1, -0.05) is 268 Å². The predicted molar refractivity (Wildman–Crippen MR) is 357 cm³/mol. The van der Waals surface area contributed by atoms with Gasteiger partial charge in [-0.25, -0.2) is 0 Å². The fourth-order valence-corrected chi connectivity index (χ4v) is 8.54. The van der Waals surface area contributed by atoms with Crippen molar-refractivity contribution in [2.75, 3.05) is 13.2 Å². The van der Waals surface area contributed by atoms with Crippen molar-refractivity contribution in [1.29, 1.82) is 0 Å². The van der Waals surface area contributed by atoms with Crippen LogP contribution >= 0.6 is 0 Å². The van der Waals surface area contributed by atoms with Gasteiger partial charge in [0.2, 0.25) is 0 Å². The van der Waals surface area contributed by atoms with E-state index in [1.807, 2.05) is 0 Å². The van der Waals surface area contributed by atoms with E-state index >= 15 is 0 Å². The first-order chi connectivity index (χ1) is 40.5. The lowest BCUT2D eigenvalue weighted by Gasteiger charge is -2.18. The van der Waals surface area contributed by atoms with Crippen molar-refractivity contribution in [3.05, 3.63) is 170 Å². The highest BCUT2D eigenvalue weighted by Gasteiger charge is 2.19. The number of carbonyl (C=O) groups excluding carboxylic acids is 3. The van der Waals surface area contributed by atoms with Gasteiger partial charge in [0, 0.05) is 19.3 Å². The molecule has 0 saturated heterocycles. The minimum Gasteiger partial charge on any atom is -0.462 e. The maximum absolute atomic E-state index is 12.9. The Hall–Kier alpha value is -5.23. The van der Waals surface area contributed by atoms with Crippen LogP contribution in [-0.2, 0) is 28.6 Å². The van der Waals surface area contributed by atoms with Gasteiger partial charge < -0.3 is 14.2 Å². The second-order valence-electron chi connectivity index (χ2n) is 21.3. The van der Waals surface area contributed by atoms with Gasteiger partial charge >= 0.3 is 17.9 Å². The van der Waals surface area contributed by atoms with Crippen LogP contribution in [0.4, 0.5) is 0 Å². The SMILES string of the molecule is CC/C=C\C/C=C\C/C=C\C/C=C\C/C=C\C/C=C\C/C=C\CCCCCCCC(=O)OCC(COC(=O)CCCCCCC/C=C\CCCCC)OC(=O)CCCCCCCC/C=C\C/C=C\C/C=C\C/C=C\C/C=C\C/C=C\CC. The molecule has 0 N–H and O–H groups in total. The molecule has 0 saturated carbocycles. The van der Waals surface area contributed by atoms with Crippen molar-refractivity contribution in [1.82, 2.24) is 0 Å². The molecule has 6 nitrogen and oxygen atoms in total. The van der Waals surface area contributed by atoms with Gasteiger partial charge in [0.15, 0.2) is 6.10 Å². The number of unbranched alkanes of at least 4 members (excludes halogenated alkanes) is 19. The van der Waals surface area contributed by atoms with Crippen LogP contribution in [0.1, 0.15) is 271 Å². The highest BCUT2D eigenvalue weighted by atomic mass is 16.6. The zero-order valence-electron chi connectivity index (χ0n) is 52.7. The summed E-state index contributed by atoms with van der Waals surface area (Å²) < 4.78 is 16.9. The molecule has 0 fully saturated rings. The molecule has 0 radical (unpaired) electrons. The molecule has 0 rings (SSSR count). The molecule has 0 amide bonds. The van der Waals surface area contributed by atoms with Crippen LogP contribution in [0, 0.1) is 0 Å². The Morgan fingerprint density at radius 3 is 0.756 bits per heavy atom. The average molecular weight is 1130 g/mol. The van der Waals surface area contributed by atoms with Crippen molar-refractivity contribution in [3.63, 3.8) is 0 Å². The summed E-state index contributed by atoms with van der Waals surface area (Å²) in [6.07, 6.45) is 101. The molecule has 6 heteroatoms. The van der Waals surface area contributed by atoms with E-state index < -0.39 is 6.10 Å². The van der Waals surface area contributed by atoms with E-state index in [-0.39, 0.29) is 31.1 Å². The zero-order chi connectivity index (χ0) is 59.2. The van der Waals surface area contributed by atoms with E-state index in [9.17, 15) is 14.4 Å². The fourth-order valence-electron chi connectivity index (χ4n) is 8.54. The highest BCUT2D eigenvalue weighted by Crippen LogP contribution is 2.14. The van der Waals surface area contributed by atoms with Crippen LogP contribution in [0.2, 0.25) is 0 Å². The molecule has 0 aromatic rings. The summed E-state index contributed by atoms with van der Waals surface area (Å²) in [6.45, 7) is 6.35. The molecule has 0 aliphatic rings. The Morgan fingerprint density at radius 1 is 0.256 bits per heavy atom. The van der Waals surface area contributed by atoms with Crippen molar-refractivity contribution < 1.29 is 28.6 Å². The number of allylic oxidation sites excluding steroid dienone is 28. The summed E-state index contributed by atoms with van der Waals surface area (Å²) in [5.41, 5.74) is 0. The summed E-state index contributed by atoms with van der Waals surface area (Å²) in [5.74, 6) is -0.949. The monoisotopic (exact) mass is 1130 g/mol. The standard InChI is InChI=1S/C76H120O6/c1-4-7-10-13-16-19-22-25-27-29-31-33-35-37-38-40-41-43-45-47-49-51-54-57-60-63-66-69-75(78)81-72-73(71-80-74(77)68-65-62-59-56-53-24-21-18-15-12-9-6-3)82-76(79)70-67-64-61-58-55-52-50-48-46-44-42-39-36-34-32-30-28-26-23-20-17-14-11-8-5-2/h7-8,10-11,16-21,25-28,31-34,37-39,41-43,46-49,73H,4-6,9,12-15,22-24,29-30,35-36,40,44-45,50-72H2,1-3H3/b10-7-,11-8-,19-16-,20-17-,21-18-,27-25-,28-26-,33-31-,34-32-,38-37-,42-39-,43-41-,48-46-,49-47-. The Morgan fingerprint density at radius 2 is 0.476 bits per heavy atom. The van der Waals surface area contributed by atoms with Crippen LogP contribution in [0.15, 0.2) is 170 Å². The minimum atomic E-state index is -0.808. The first-order valence-corrected chi connectivity index (χ1v) is 33.1. The smallest absolute Gasteiger partial charge is 0.306 e. The topological polar surface area (TPSA) is 78.9 Å². The Bertz CT molecular complexity index is 1870. The second kappa shape index (κ2) is 68.3. The summed E-state index contributed by atoms with van der Waals surface area (Å²) in [4.78, 5) is 38.3. The summed E-state index contributed by atoms with van der Waals surface area (Å²) in [7, 11) is 0. The average Bonchev–Trinajstić information content (AvgIpc) is 3.47. The highest BCUT2D eigenvalue weighted by molar-refractivity contribution is 5.71. The van der Waals surface area contributed by atoms with E-state index in [2.05, 4.69) is 191 Å². The Labute approximate surface area is 504 Å². The molecule has 0 aromatic heterocycles. The minimum absolute atomic E-state index is 0.102. The van der Waals surface area contributed by atoms with E-state index in [1.54, 1.807) is 0 Å². The lowest BCUT2D eigenvalue weighted by molar-refractivity contribution is -0.167. The summed E-state index contributed by atoms with van der Waals surface area (Å²) in [5, 5.41) is 0. The number of ether oxygens (including phenoxy) is 3. The van der Waals surface area contributed by atoms with Gasteiger partial charge in [0.25, 0.3) is 0 Å². The van der Waals surface area contributed by atoms with Gasteiger partial charge in [-0.3, -0.25) is 14.4 Å². The molecule has 0 aliphatic carbocycles. The molecule has 0 spiro atoms. The summed E-state index contributed by atoms with van der Waals surface area (Å²) >= 11 is 0. The normalized spacial score (nSPS) is 13.3. The number of rotatable bonds is 58. The van der Waals surface area contributed by atoms with E-state index in [0.717, 1.165) is 186 Å². The first kappa shape index (κ1) is 76.8. The molecule has 1 unspecified atom stereocenters. The third-order valence-electron chi connectivity index (χ3n) is 13.4. The molecular formula is C76H120O6. The lowest BCUT2D eigenvalue weighted by Crippen LogP contribution is -2.30. The molecule has 0 heterocycles. The number of esters is 3. The van der Waals surface area contributed by atoms with Gasteiger partial charge in [0.05, 0.1) is 0 Å². The molecule has 82 heavy (non-hydrogen) atoms. The Balaban J connectivity index is 4.43. The van der Waals surface area contributed by atoms with Gasteiger partial charge in [0.1, 0.15) is 13.2 Å². The van der Waals surface area contributed by atoms with Crippen molar-refractivity contribution in [2.45, 2.75) is 277 Å². The molecule has 1 atom stereocenters. The first-order valence-electron chi connectivity index (χ1n) is 33.1. The summed E-state index contributed by atoms with van der Waals surface area (Å²) in [6, 6.07) is 0. The third-order valence-corrected chi connectivity index (χ3v) is 13.4. The van der Waals surface area contributed by atoms with Crippen LogP contribution in [0.25, 0.3) is 0 Å². The van der Waals surface area contributed by atoms with Crippen LogP contribution < -0.4 is 0 Å². The second-order valence-corrected chi connectivity index (χ2v) is 21.3. The van der Waals surface area contributed by atoms with Crippen molar-refractivity contribution >= 4 is 17.9 Å². The maximum Gasteiger partial charge on any atom is 0.306 e. The molecule has 0 bridgehead atoms. The third kappa shape index (κ3) is 65.6. The van der Waals surface area contributed by atoms with E-state index in [0.29, 0.717) is 19.3 Å². The largest absolute Gasteiger partial charge is 0.462 e. The van der Waals surface area contributed by atoms with E-state index in [1.165, 1.54) is 44.9 Å². The Kier molecular flexibility index (Phi) is 63.9. The van der Waals surface area contributed by atoms with E-state index in [4.69, 9.17) is 14.2 Å². The van der Waals surface area contributed by atoms with Crippen molar-refractivity contribution in [2.24, 2.45) is 0 Å². The van der Waals surface area contributed by atoms with Crippen LogP contribution in [0.5, 0.6) is 0 Å². The molecule has 0 aromatic carbocycles. The van der Waals surface area contributed by atoms with Crippen LogP contribution in [-0.4, -0.2) is 37.2 Å². The van der Waals surface area contributed by atoms with Crippen LogP contribution in [0.3, 0.4) is 0 Å². The maximum atomic E-state index is 12.9. The molecule has 0 aliphatic heterocycles. The quantitative estimate of drug-likeness (QED) is 0.0261. The number of hydrogen-bond acceptors (Lipinski definition) is 6. The number of hydrogen-bond donors (Lipinski definition) is 0. The molecular weight excluding hydrogens is 1010 g/mol. The van der Waals surface area contributed by atoms with Gasteiger partial charge in [-0.2, -0.15) is 0 Å². The predicted octanol–water partition coefficient (Wildman–Crippen LogP) is 23.0. The van der Waals surface area contributed by atoms with Gasteiger partial charge in [-0.15, -0.1) is 0 Å². The molecule has 460 valence electrons. The zero-order valence-corrected chi connectivity index (χ0v) is 52.7. The lowest BCUT2D eigenvalue weighted by atomic mass is 10.1.